The number of thioether (sulfide) groups is 1. The van der Waals surface area contributed by atoms with Gasteiger partial charge in [-0.2, -0.15) is 11.8 Å². The van der Waals surface area contributed by atoms with Crippen LogP contribution in [-0.4, -0.2) is 54.0 Å². The van der Waals surface area contributed by atoms with E-state index in [1.54, 1.807) is 0 Å². The topological polar surface area (TPSA) is 44.4 Å². The van der Waals surface area contributed by atoms with Crippen molar-refractivity contribution in [1.82, 2.24) is 15.5 Å². The number of amides is 1. The molecule has 2 saturated heterocycles. The van der Waals surface area contributed by atoms with Gasteiger partial charge in [0.25, 0.3) is 0 Å². The van der Waals surface area contributed by atoms with Crippen molar-refractivity contribution >= 4 is 17.7 Å². The molecule has 2 fully saturated rings. The third-order valence-electron chi connectivity index (χ3n) is 4.63. The first-order valence-corrected chi connectivity index (χ1v) is 9.82. The Labute approximate surface area is 143 Å². The van der Waals surface area contributed by atoms with E-state index in [0.717, 1.165) is 50.5 Å². The maximum atomic E-state index is 12.2. The average molecular weight is 334 g/mol. The lowest BCUT2D eigenvalue weighted by Gasteiger charge is -2.33. The van der Waals surface area contributed by atoms with Gasteiger partial charge in [-0.25, -0.2) is 0 Å². The molecule has 1 aromatic rings. The molecule has 0 aromatic heterocycles. The van der Waals surface area contributed by atoms with Crippen LogP contribution in [-0.2, 0) is 11.3 Å². The molecule has 1 amide bonds. The van der Waals surface area contributed by atoms with Crippen molar-refractivity contribution in [2.75, 3.05) is 31.1 Å². The highest BCUT2D eigenvalue weighted by molar-refractivity contribution is 7.99. The molecule has 4 nitrogen and oxygen atoms in total. The minimum Gasteiger partial charge on any atom is -0.353 e. The Morgan fingerprint density at radius 1 is 1.26 bits per heavy atom. The van der Waals surface area contributed by atoms with E-state index < -0.39 is 0 Å². The number of nitrogens with zero attached hydrogens (tertiary/aromatic N) is 1. The number of likely N-dealkylation sites (tertiary alicyclic amines) is 1. The molecule has 2 aliphatic rings. The molecule has 3 rings (SSSR count). The lowest BCUT2D eigenvalue weighted by atomic mass is 10.0. The summed E-state index contributed by atoms with van der Waals surface area (Å²) in [5, 5.41) is 6.67. The third kappa shape index (κ3) is 5.52. The normalized spacial score (nSPS) is 23.6. The van der Waals surface area contributed by atoms with Gasteiger partial charge in [0, 0.05) is 56.2 Å². The van der Waals surface area contributed by atoms with Crippen LogP contribution < -0.4 is 10.6 Å². The van der Waals surface area contributed by atoms with Gasteiger partial charge in [-0.15, -0.1) is 0 Å². The Morgan fingerprint density at radius 3 is 2.74 bits per heavy atom. The molecule has 23 heavy (non-hydrogen) atoms. The smallest absolute Gasteiger partial charge is 0.221 e. The zero-order valence-electron chi connectivity index (χ0n) is 13.7. The van der Waals surface area contributed by atoms with Crippen molar-refractivity contribution < 1.29 is 4.79 Å². The summed E-state index contributed by atoms with van der Waals surface area (Å²) in [4.78, 5) is 14.7. The Hall–Kier alpha value is -1.04. The summed E-state index contributed by atoms with van der Waals surface area (Å²) in [6, 6.07) is 11.3. The first kappa shape index (κ1) is 16.8. The van der Waals surface area contributed by atoms with Gasteiger partial charge in [-0.3, -0.25) is 9.69 Å². The maximum Gasteiger partial charge on any atom is 0.221 e. The van der Waals surface area contributed by atoms with Crippen molar-refractivity contribution in [3.63, 3.8) is 0 Å². The fraction of sp³-hybridized carbons (Fsp3) is 0.611. The van der Waals surface area contributed by atoms with Crippen LogP contribution in [0.2, 0.25) is 0 Å². The zero-order valence-corrected chi connectivity index (χ0v) is 14.5. The Bertz CT molecular complexity index is 482. The molecule has 2 heterocycles. The number of rotatable bonds is 5. The summed E-state index contributed by atoms with van der Waals surface area (Å²) >= 11 is 1.94. The summed E-state index contributed by atoms with van der Waals surface area (Å²) in [5.41, 5.74) is 1.37. The van der Waals surface area contributed by atoms with Gasteiger partial charge in [0.15, 0.2) is 0 Å². The van der Waals surface area contributed by atoms with Crippen LogP contribution in [0, 0.1) is 0 Å². The van der Waals surface area contributed by atoms with E-state index >= 15 is 0 Å². The van der Waals surface area contributed by atoms with Gasteiger partial charge < -0.3 is 10.6 Å². The number of hydrogen-bond donors (Lipinski definition) is 2. The Morgan fingerprint density at radius 2 is 2.04 bits per heavy atom. The van der Waals surface area contributed by atoms with Gasteiger partial charge in [0.05, 0.1) is 0 Å². The molecule has 2 aliphatic heterocycles. The van der Waals surface area contributed by atoms with Crippen LogP contribution in [0.25, 0.3) is 0 Å². The average Bonchev–Trinajstić information content (AvgIpc) is 2.58. The maximum absolute atomic E-state index is 12.2. The van der Waals surface area contributed by atoms with Gasteiger partial charge in [0.2, 0.25) is 5.91 Å². The molecule has 2 N–H and O–H groups in total. The van der Waals surface area contributed by atoms with Crippen molar-refractivity contribution in [3.05, 3.63) is 35.9 Å². The van der Waals surface area contributed by atoms with Crippen molar-refractivity contribution in [1.29, 1.82) is 0 Å². The summed E-state index contributed by atoms with van der Waals surface area (Å²) in [5.74, 6) is 2.44. The molecule has 0 bridgehead atoms. The summed E-state index contributed by atoms with van der Waals surface area (Å²) in [6.45, 7) is 4.18. The van der Waals surface area contributed by atoms with Crippen LogP contribution >= 0.6 is 11.8 Å². The Kier molecular flexibility index (Phi) is 6.37. The minimum absolute atomic E-state index is 0.214. The predicted octanol–water partition coefficient (Wildman–Crippen LogP) is 1.86. The van der Waals surface area contributed by atoms with E-state index in [1.807, 2.05) is 11.8 Å². The largest absolute Gasteiger partial charge is 0.353 e. The zero-order chi connectivity index (χ0) is 15.9. The number of carbonyl (C=O) groups is 1. The second kappa shape index (κ2) is 8.71. The van der Waals surface area contributed by atoms with Crippen LogP contribution in [0.5, 0.6) is 0 Å². The fourth-order valence-electron chi connectivity index (χ4n) is 3.34. The molecule has 1 aromatic carbocycles. The van der Waals surface area contributed by atoms with Gasteiger partial charge in [-0.1, -0.05) is 30.3 Å². The summed E-state index contributed by atoms with van der Waals surface area (Å²) in [6.07, 6.45) is 2.74. The van der Waals surface area contributed by atoms with E-state index in [2.05, 4.69) is 45.9 Å². The molecule has 126 valence electrons. The predicted molar refractivity (Wildman–Crippen MR) is 96.6 cm³/mol. The van der Waals surface area contributed by atoms with E-state index in [0.29, 0.717) is 18.5 Å². The number of hydrogen-bond acceptors (Lipinski definition) is 4. The molecular weight excluding hydrogens is 306 g/mol. The minimum atomic E-state index is 0.214. The molecule has 0 spiro atoms. The fourth-order valence-corrected chi connectivity index (χ4v) is 4.29. The molecule has 1 unspecified atom stereocenters. The van der Waals surface area contributed by atoms with E-state index in [1.165, 1.54) is 5.56 Å². The highest BCUT2D eigenvalue weighted by Crippen LogP contribution is 2.15. The van der Waals surface area contributed by atoms with E-state index in [9.17, 15) is 4.79 Å². The lowest BCUT2D eigenvalue weighted by molar-refractivity contribution is -0.122. The summed E-state index contributed by atoms with van der Waals surface area (Å²) < 4.78 is 0. The monoisotopic (exact) mass is 333 g/mol. The summed E-state index contributed by atoms with van der Waals surface area (Å²) in [7, 11) is 0. The van der Waals surface area contributed by atoms with Crippen molar-refractivity contribution in [2.24, 2.45) is 0 Å². The standard InChI is InChI=1S/C18H27N3OS/c22-18(12-17-14-23-11-8-19-17)20-16-6-9-21(10-7-16)13-15-4-2-1-3-5-15/h1-5,16-17,19H,6-14H2,(H,20,22). The third-order valence-corrected chi connectivity index (χ3v) is 5.76. The Balaban J connectivity index is 1.36. The molecule has 0 aliphatic carbocycles. The van der Waals surface area contributed by atoms with Crippen molar-refractivity contribution in [3.8, 4) is 0 Å². The van der Waals surface area contributed by atoms with Gasteiger partial charge in [-0.05, 0) is 18.4 Å². The van der Waals surface area contributed by atoms with E-state index in [-0.39, 0.29) is 5.91 Å². The number of benzene rings is 1. The highest BCUT2D eigenvalue weighted by Gasteiger charge is 2.22. The van der Waals surface area contributed by atoms with Crippen LogP contribution in [0.3, 0.4) is 0 Å². The van der Waals surface area contributed by atoms with Gasteiger partial charge >= 0.3 is 0 Å². The first-order chi connectivity index (χ1) is 11.3. The molecule has 0 saturated carbocycles. The molecule has 0 radical (unpaired) electrons. The second-order valence-electron chi connectivity index (χ2n) is 6.53. The van der Waals surface area contributed by atoms with Crippen molar-refractivity contribution in [2.45, 2.75) is 37.9 Å². The quantitative estimate of drug-likeness (QED) is 0.863. The SMILES string of the molecule is O=C(CC1CSCCN1)NC1CCN(Cc2ccccc2)CC1. The molecule has 5 heteroatoms. The number of nitrogens with one attached hydrogen (secondary N) is 2. The van der Waals surface area contributed by atoms with Crippen LogP contribution in [0.15, 0.2) is 30.3 Å². The molecular formula is C18H27N3OS. The second-order valence-corrected chi connectivity index (χ2v) is 7.68. The van der Waals surface area contributed by atoms with E-state index in [4.69, 9.17) is 0 Å². The van der Waals surface area contributed by atoms with Gasteiger partial charge in [0.1, 0.15) is 0 Å². The lowest BCUT2D eigenvalue weighted by Crippen LogP contribution is -2.47. The van der Waals surface area contributed by atoms with Crippen LogP contribution in [0.4, 0.5) is 0 Å². The molecule has 1 atom stereocenters. The highest BCUT2D eigenvalue weighted by atomic mass is 32.2. The number of carbonyl (C=O) groups excluding carboxylic acids is 1. The van der Waals surface area contributed by atoms with Crippen LogP contribution in [0.1, 0.15) is 24.8 Å². The number of piperidine rings is 1. The first-order valence-electron chi connectivity index (χ1n) is 8.66.